The first-order chi connectivity index (χ1) is 8.13. The topological polar surface area (TPSA) is 49.8 Å². The Kier molecular flexibility index (Phi) is 3.84. The van der Waals surface area contributed by atoms with Gasteiger partial charge in [0.1, 0.15) is 0 Å². The number of ether oxygens (including phenoxy) is 1. The first-order valence-electron chi connectivity index (χ1n) is 6.35. The molecule has 2 fully saturated rings. The number of carbonyl (C=O) groups is 1. The molecule has 0 bridgehead atoms. The lowest BCUT2D eigenvalue weighted by Gasteiger charge is -2.22. The lowest BCUT2D eigenvalue weighted by molar-refractivity contribution is -0.140. The summed E-state index contributed by atoms with van der Waals surface area (Å²) < 4.78 is 5.29. The number of fused-ring (bicyclic) bond motifs is 1. The van der Waals surface area contributed by atoms with E-state index >= 15 is 0 Å². The average molecular weight is 239 g/mol. The Morgan fingerprint density at radius 3 is 2.88 bits per heavy atom. The van der Waals surface area contributed by atoms with Gasteiger partial charge in [0.15, 0.2) is 0 Å². The van der Waals surface area contributed by atoms with Crippen LogP contribution in [0.4, 0.5) is 0 Å². The number of nitrogens with zero attached hydrogens (tertiary/aromatic N) is 1. The molecule has 1 unspecified atom stereocenters. The highest BCUT2D eigenvalue weighted by Gasteiger charge is 2.43. The van der Waals surface area contributed by atoms with Crippen molar-refractivity contribution < 1.29 is 14.6 Å². The molecule has 2 aliphatic heterocycles. The van der Waals surface area contributed by atoms with Crippen LogP contribution in [0.5, 0.6) is 0 Å². The zero-order valence-electron chi connectivity index (χ0n) is 10.6. The van der Waals surface area contributed by atoms with Crippen molar-refractivity contribution in [2.45, 2.75) is 38.8 Å². The van der Waals surface area contributed by atoms with Gasteiger partial charge in [0.25, 0.3) is 0 Å². The summed E-state index contributed by atoms with van der Waals surface area (Å²) in [6.45, 7) is 6.02. The molecule has 2 aliphatic rings. The molecule has 0 radical (unpaired) electrons. The molecular weight excluding hydrogens is 218 g/mol. The fraction of sp³-hybridized carbons (Fsp3) is 0.769. The average Bonchev–Trinajstić information content (AvgIpc) is 2.89. The predicted octanol–water partition coefficient (Wildman–Crippen LogP) is 0.951. The third kappa shape index (κ3) is 2.53. The van der Waals surface area contributed by atoms with Crippen LogP contribution in [0.1, 0.15) is 26.7 Å². The minimum Gasteiger partial charge on any atom is -0.462 e. The van der Waals surface area contributed by atoms with E-state index in [-0.39, 0.29) is 18.1 Å². The number of allylic oxidation sites excluding steroid dienone is 1. The number of hydrogen-bond donors (Lipinski definition) is 1. The maximum absolute atomic E-state index is 11.5. The SMILES string of the molecule is C/C=C(/C)C(=O)OC[C@H]1CCN2CC[C@@H](O)C12. The van der Waals surface area contributed by atoms with Gasteiger partial charge >= 0.3 is 5.97 Å². The van der Waals surface area contributed by atoms with Crippen molar-refractivity contribution in [2.75, 3.05) is 19.7 Å². The summed E-state index contributed by atoms with van der Waals surface area (Å²) in [6, 6.07) is 0.203. The summed E-state index contributed by atoms with van der Waals surface area (Å²) in [5, 5.41) is 9.90. The van der Waals surface area contributed by atoms with Crippen LogP contribution in [0.15, 0.2) is 11.6 Å². The van der Waals surface area contributed by atoms with Crippen molar-refractivity contribution in [1.29, 1.82) is 0 Å². The van der Waals surface area contributed by atoms with Crippen molar-refractivity contribution in [3.63, 3.8) is 0 Å². The van der Waals surface area contributed by atoms with Crippen molar-refractivity contribution in [1.82, 2.24) is 4.90 Å². The quantitative estimate of drug-likeness (QED) is 0.588. The number of rotatable bonds is 3. The monoisotopic (exact) mass is 239 g/mol. The van der Waals surface area contributed by atoms with E-state index in [1.165, 1.54) is 0 Å². The molecule has 17 heavy (non-hydrogen) atoms. The van der Waals surface area contributed by atoms with Gasteiger partial charge in [0.2, 0.25) is 0 Å². The van der Waals surface area contributed by atoms with Crippen LogP contribution in [-0.2, 0) is 9.53 Å². The minimum absolute atomic E-state index is 0.203. The smallest absolute Gasteiger partial charge is 0.333 e. The van der Waals surface area contributed by atoms with Crippen LogP contribution < -0.4 is 0 Å². The molecule has 0 saturated carbocycles. The molecular formula is C13H21NO3. The fourth-order valence-electron chi connectivity index (χ4n) is 2.83. The summed E-state index contributed by atoms with van der Waals surface area (Å²) >= 11 is 0. The molecule has 0 aromatic rings. The Bertz CT molecular complexity index is 327. The Balaban J connectivity index is 1.86. The lowest BCUT2D eigenvalue weighted by Crippen LogP contribution is -2.36. The van der Waals surface area contributed by atoms with E-state index in [0.717, 1.165) is 25.9 Å². The largest absolute Gasteiger partial charge is 0.462 e. The van der Waals surface area contributed by atoms with E-state index in [9.17, 15) is 9.90 Å². The summed E-state index contributed by atoms with van der Waals surface area (Å²) in [5.74, 6) is 0.0551. The zero-order chi connectivity index (χ0) is 12.4. The highest BCUT2D eigenvalue weighted by atomic mass is 16.5. The van der Waals surface area contributed by atoms with Gasteiger partial charge in [-0.15, -0.1) is 0 Å². The minimum atomic E-state index is -0.246. The molecule has 1 N–H and O–H groups in total. The molecule has 0 spiro atoms. The second kappa shape index (κ2) is 5.19. The number of esters is 1. The molecule has 0 aromatic carbocycles. The van der Waals surface area contributed by atoms with Crippen molar-refractivity contribution in [2.24, 2.45) is 5.92 Å². The predicted molar refractivity (Wildman–Crippen MR) is 64.5 cm³/mol. The van der Waals surface area contributed by atoms with Crippen LogP contribution in [0, 0.1) is 5.92 Å². The van der Waals surface area contributed by atoms with E-state index < -0.39 is 0 Å². The Morgan fingerprint density at radius 2 is 2.18 bits per heavy atom. The van der Waals surface area contributed by atoms with Gasteiger partial charge in [-0.2, -0.15) is 0 Å². The number of hydrogen-bond acceptors (Lipinski definition) is 4. The molecule has 2 heterocycles. The molecule has 4 nitrogen and oxygen atoms in total. The molecule has 4 heteroatoms. The van der Waals surface area contributed by atoms with Crippen LogP contribution in [0.3, 0.4) is 0 Å². The van der Waals surface area contributed by atoms with E-state index in [1.54, 1.807) is 13.0 Å². The van der Waals surface area contributed by atoms with Gasteiger partial charge in [-0.3, -0.25) is 4.90 Å². The Morgan fingerprint density at radius 1 is 1.47 bits per heavy atom. The van der Waals surface area contributed by atoms with Gasteiger partial charge in [0, 0.05) is 24.1 Å². The van der Waals surface area contributed by atoms with Crippen LogP contribution >= 0.6 is 0 Å². The van der Waals surface area contributed by atoms with Gasteiger partial charge in [-0.1, -0.05) is 6.08 Å². The normalized spacial score (nSPS) is 33.8. The first kappa shape index (κ1) is 12.6. The lowest BCUT2D eigenvalue weighted by atomic mass is 9.97. The molecule has 96 valence electrons. The van der Waals surface area contributed by atoms with Gasteiger partial charge < -0.3 is 9.84 Å². The molecule has 2 saturated heterocycles. The summed E-state index contributed by atoms with van der Waals surface area (Å²) in [4.78, 5) is 13.8. The van der Waals surface area contributed by atoms with Crippen LogP contribution in [0.25, 0.3) is 0 Å². The molecule has 0 amide bonds. The van der Waals surface area contributed by atoms with E-state index in [0.29, 0.717) is 18.1 Å². The summed E-state index contributed by atoms with van der Waals surface area (Å²) in [7, 11) is 0. The van der Waals surface area contributed by atoms with Gasteiger partial charge in [0.05, 0.1) is 12.7 Å². The Labute approximate surface area is 102 Å². The second-order valence-corrected chi connectivity index (χ2v) is 5.00. The maximum Gasteiger partial charge on any atom is 0.333 e. The second-order valence-electron chi connectivity index (χ2n) is 5.00. The Hall–Kier alpha value is -0.870. The van der Waals surface area contributed by atoms with Gasteiger partial charge in [-0.05, 0) is 33.2 Å². The molecule has 0 aromatic heterocycles. The molecule has 3 atom stereocenters. The summed E-state index contributed by atoms with van der Waals surface area (Å²) in [6.07, 6.45) is 3.38. The number of aliphatic hydroxyl groups is 1. The number of carbonyl (C=O) groups excluding carboxylic acids is 1. The van der Waals surface area contributed by atoms with E-state index in [4.69, 9.17) is 4.74 Å². The summed E-state index contributed by atoms with van der Waals surface area (Å²) in [5.41, 5.74) is 0.645. The van der Waals surface area contributed by atoms with Crippen molar-refractivity contribution in [3.8, 4) is 0 Å². The van der Waals surface area contributed by atoms with Crippen LogP contribution in [0.2, 0.25) is 0 Å². The van der Waals surface area contributed by atoms with Crippen LogP contribution in [-0.4, -0.2) is 47.8 Å². The fourth-order valence-corrected chi connectivity index (χ4v) is 2.83. The zero-order valence-corrected chi connectivity index (χ0v) is 10.6. The third-order valence-electron chi connectivity index (χ3n) is 3.98. The van der Waals surface area contributed by atoms with E-state index in [2.05, 4.69) is 4.90 Å². The first-order valence-corrected chi connectivity index (χ1v) is 6.35. The maximum atomic E-state index is 11.5. The van der Waals surface area contributed by atoms with E-state index in [1.807, 2.05) is 6.92 Å². The third-order valence-corrected chi connectivity index (χ3v) is 3.98. The van der Waals surface area contributed by atoms with Crippen molar-refractivity contribution in [3.05, 3.63) is 11.6 Å². The molecule has 2 rings (SSSR count). The standard InChI is InChI=1S/C13H21NO3/c1-3-9(2)13(16)17-8-10-4-6-14-7-5-11(15)12(10)14/h3,10-12,15H,4-8H2,1-2H3/b9-3-/t10-,11-,12?/m1/s1. The molecule has 0 aliphatic carbocycles. The highest BCUT2D eigenvalue weighted by Crippen LogP contribution is 2.33. The number of aliphatic hydroxyl groups excluding tert-OH is 1. The highest BCUT2D eigenvalue weighted by molar-refractivity contribution is 5.87. The van der Waals surface area contributed by atoms with Gasteiger partial charge in [-0.25, -0.2) is 4.79 Å². The van der Waals surface area contributed by atoms with Crippen molar-refractivity contribution >= 4 is 5.97 Å².